The fraction of sp³-hybridized carbons (Fsp3) is 0.176. The Morgan fingerprint density at radius 3 is 2.88 bits per heavy atom. The molecule has 4 rings (SSSR count). The standard InChI is InChI=1S/C17H15BrN6S/c1-12-21-22-17-16(19-7-8-24(12)17)11-23(10-15-5-6-20-25-15)14-4-2-3-13(18)9-14/h2-9H,10-11H2,1H3. The quantitative estimate of drug-likeness (QED) is 0.496. The van der Waals surface area contributed by atoms with E-state index in [9.17, 15) is 0 Å². The van der Waals surface area contributed by atoms with Crippen LogP contribution < -0.4 is 4.90 Å². The largest absolute Gasteiger partial charge is 0.360 e. The molecule has 0 aliphatic carbocycles. The molecule has 0 aliphatic rings. The van der Waals surface area contributed by atoms with Crippen LogP contribution in [0, 0.1) is 6.92 Å². The predicted molar refractivity (Wildman–Crippen MR) is 102 cm³/mol. The molecule has 0 atom stereocenters. The van der Waals surface area contributed by atoms with Crippen LogP contribution in [0.3, 0.4) is 0 Å². The van der Waals surface area contributed by atoms with Gasteiger partial charge in [-0.2, -0.15) is 0 Å². The number of anilines is 1. The first kappa shape index (κ1) is 16.2. The van der Waals surface area contributed by atoms with Gasteiger partial charge < -0.3 is 4.90 Å². The highest BCUT2D eigenvalue weighted by Gasteiger charge is 2.15. The van der Waals surface area contributed by atoms with Crippen molar-refractivity contribution in [3.05, 3.63) is 69.8 Å². The minimum absolute atomic E-state index is 0.636. The van der Waals surface area contributed by atoms with Gasteiger partial charge in [0.25, 0.3) is 0 Å². The van der Waals surface area contributed by atoms with Crippen molar-refractivity contribution in [1.29, 1.82) is 0 Å². The molecule has 0 radical (unpaired) electrons. The lowest BCUT2D eigenvalue weighted by atomic mass is 10.2. The van der Waals surface area contributed by atoms with E-state index >= 15 is 0 Å². The Hall–Kier alpha value is -2.32. The fourth-order valence-electron chi connectivity index (χ4n) is 2.71. The molecule has 3 aromatic heterocycles. The third-order valence-corrected chi connectivity index (χ3v) is 5.14. The van der Waals surface area contributed by atoms with Crippen LogP contribution in [0.2, 0.25) is 0 Å². The van der Waals surface area contributed by atoms with Crippen molar-refractivity contribution < 1.29 is 0 Å². The van der Waals surface area contributed by atoms with Crippen LogP contribution in [-0.4, -0.2) is 24.0 Å². The van der Waals surface area contributed by atoms with E-state index in [1.165, 1.54) is 16.4 Å². The highest BCUT2D eigenvalue weighted by Crippen LogP contribution is 2.25. The SMILES string of the molecule is Cc1nnc2c(CN(Cc3ccns3)c3cccc(Br)c3)nccn12. The molecule has 0 N–H and O–H groups in total. The van der Waals surface area contributed by atoms with Gasteiger partial charge in [-0.15, -0.1) is 10.2 Å². The fourth-order valence-corrected chi connectivity index (χ4v) is 3.69. The summed E-state index contributed by atoms with van der Waals surface area (Å²) in [6, 6.07) is 10.3. The van der Waals surface area contributed by atoms with Gasteiger partial charge in [0.1, 0.15) is 11.5 Å². The summed E-state index contributed by atoms with van der Waals surface area (Å²) in [5, 5.41) is 8.45. The maximum absolute atomic E-state index is 4.55. The molecule has 0 aliphatic heterocycles. The van der Waals surface area contributed by atoms with Crippen LogP contribution in [0.15, 0.2) is 53.4 Å². The lowest BCUT2D eigenvalue weighted by Crippen LogP contribution is -2.22. The topological polar surface area (TPSA) is 59.2 Å². The minimum atomic E-state index is 0.636. The molecular weight excluding hydrogens is 400 g/mol. The molecule has 126 valence electrons. The second-order valence-corrected chi connectivity index (χ2v) is 7.46. The van der Waals surface area contributed by atoms with E-state index in [4.69, 9.17) is 0 Å². The van der Waals surface area contributed by atoms with Crippen LogP contribution in [0.4, 0.5) is 5.69 Å². The number of nitrogens with zero attached hydrogens (tertiary/aromatic N) is 6. The number of rotatable bonds is 5. The second-order valence-electron chi connectivity index (χ2n) is 5.63. The molecule has 0 amide bonds. The zero-order valence-electron chi connectivity index (χ0n) is 13.5. The maximum Gasteiger partial charge on any atom is 0.184 e. The summed E-state index contributed by atoms with van der Waals surface area (Å²) in [6.07, 6.45) is 5.52. The molecule has 0 saturated carbocycles. The first-order valence-electron chi connectivity index (χ1n) is 7.76. The van der Waals surface area contributed by atoms with Crippen molar-refractivity contribution >= 4 is 38.8 Å². The zero-order chi connectivity index (χ0) is 17.2. The van der Waals surface area contributed by atoms with Crippen molar-refractivity contribution in [3.8, 4) is 0 Å². The average Bonchev–Trinajstić information content (AvgIpc) is 3.25. The van der Waals surface area contributed by atoms with Crippen molar-refractivity contribution in [1.82, 2.24) is 24.0 Å². The van der Waals surface area contributed by atoms with Crippen molar-refractivity contribution in [2.24, 2.45) is 0 Å². The summed E-state index contributed by atoms with van der Waals surface area (Å²) >= 11 is 5.07. The third kappa shape index (κ3) is 3.40. The van der Waals surface area contributed by atoms with Gasteiger partial charge in [0.15, 0.2) is 5.65 Å². The van der Waals surface area contributed by atoms with Gasteiger partial charge in [0, 0.05) is 33.6 Å². The van der Waals surface area contributed by atoms with Gasteiger partial charge >= 0.3 is 0 Å². The first-order chi connectivity index (χ1) is 12.2. The summed E-state index contributed by atoms with van der Waals surface area (Å²) in [5.74, 6) is 0.857. The molecule has 0 bridgehead atoms. The summed E-state index contributed by atoms with van der Waals surface area (Å²) in [7, 11) is 0. The number of halogens is 1. The van der Waals surface area contributed by atoms with Gasteiger partial charge in [-0.1, -0.05) is 22.0 Å². The van der Waals surface area contributed by atoms with E-state index in [1.807, 2.05) is 41.9 Å². The summed E-state index contributed by atoms with van der Waals surface area (Å²) < 4.78 is 7.22. The van der Waals surface area contributed by atoms with Crippen LogP contribution in [0.5, 0.6) is 0 Å². The van der Waals surface area contributed by atoms with E-state index in [0.717, 1.165) is 33.9 Å². The molecule has 0 unspecified atom stereocenters. The Balaban J connectivity index is 1.72. The zero-order valence-corrected chi connectivity index (χ0v) is 15.9. The normalized spacial score (nSPS) is 11.1. The van der Waals surface area contributed by atoms with Gasteiger partial charge in [0.05, 0.1) is 13.1 Å². The Bertz CT molecular complexity index is 997. The monoisotopic (exact) mass is 414 g/mol. The molecule has 0 fully saturated rings. The highest BCUT2D eigenvalue weighted by atomic mass is 79.9. The smallest absolute Gasteiger partial charge is 0.184 e. The van der Waals surface area contributed by atoms with Crippen LogP contribution >= 0.6 is 27.5 Å². The van der Waals surface area contributed by atoms with Gasteiger partial charge in [-0.25, -0.2) is 4.37 Å². The maximum atomic E-state index is 4.55. The number of aromatic nitrogens is 5. The Labute approximate surface area is 157 Å². The molecule has 6 nitrogen and oxygen atoms in total. The second kappa shape index (κ2) is 6.89. The molecule has 1 aromatic carbocycles. The number of hydrogen-bond acceptors (Lipinski definition) is 6. The minimum Gasteiger partial charge on any atom is -0.360 e. The van der Waals surface area contributed by atoms with Crippen molar-refractivity contribution in [2.75, 3.05) is 4.90 Å². The highest BCUT2D eigenvalue weighted by molar-refractivity contribution is 9.10. The van der Waals surface area contributed by atoms with Crippen LogP contribution in [0.1, 0.15) is 16.4 Å². The molecule has 0 saturated heterocycles. The molecule has 3 heterocycles. The number of hydrogen-bond donors (Lipinski definition) is 0. The number of benzene rings is 1. The van der Waals surface area contributed by atoms with Crippen LogP contribution in [0.25, 0.3) is 5.65 Å². The number of aryl methyl sites for hydroxylation is 1. The van der Waals surface area contributed by atoms with Crippen molar-refractivity contribution in [3.63, 3.8) is 0 Å². The molecule has 0 spiro atoms. The van der Waals surface area contributed by atoms with E-state index < -0.39 is 0 Å². The van der Waals surface area contributed by atoms with Crippen LogP contribution in [-0.2, 0) is 13.1 Å². The van der Waals surface area contributed by atoms with Gasteiger partial charge in [-0.05, 0) is 42.7 Å². The van der Waals surface area contributed by atoms with E-state index in [-0.39, 0.29) is 0 Å². The van der Waals surface area contributed by atoms with Gasteiger partial charge in [0.2, 0.25) is 0 Å². The molecule has 25 heavy (non-hydrogen) atoms. The predicted octanol–water partition coefficient (Wildman–Crippen LogP) is 3.86. The summed E-state index contributed by atoms with van der Waals surface area (Å²) in [6.45, 7) is 3.33. The van der Waals surface area contributed by atoms with E-state index in [2.05, 4.69) is 52.5 Å². The van der Waals surface area contributed by atoms with Crippen molar-refractivity contribution in [2.45, 2.75) is 20.0 Å². The lowest BCUT2D eigenvalue weighted by molar-refractivity contribution is 0.786. The van der Waals surface area contributed by atoms with E-state index in [1.54, 1.807) is 6.20 Å². The average molecular weight is 415 g/mol. The molecular formula is C17H15BrN6S. The summed E-state index contributed by atoms with van der Waals surface area (Å²) in [4.78, 5) is 8.02. The first-order valence-corrected chi connectivity index (χ1v) is 9.32. The Kier molecular flexibility index (Phi) is 4.46. The van der Waals surface area contributed by atoms with E-state index in [0.29, 0.717) is 6.54 Å². The third-order valence-electron chi connectivity index (χ3n) is 3.92. The molecule has 4 aromatic rings. The number of fused-ring (bicyclic) bond motifs is 1. The van der Waals surface area contributed by atoms with Gasteiger partial charge in [-0.3, -0.25) is 9.38 Å². The lowest BCUT2D eigenvalue weighted by Gasteiger charge is -2.24. The molecule has 8 heteroatoms. The Morgan fingerprint density at radius 1 is 1.16 bits per heavy atom. The summed E-state index contributed by atoms with van der Waals surface area (Å²) in [5.41, 5.74) is 2.81. The Morgan fingerprint density at radius 2 is 2.08 bits per heavy atom.